The molecule has 0 N–H and O–H groups in total. The van der Waals surface area contributed by atoms with Gasteiger partial charge in [0.2, 0.25) is 0 Å². The van der Waals surface area contributed by atoms with Crippen LogP contribution in [0.5, 0.6) is 0 Å². The van der Waals surface area contributed by atoms with Crippen molar-refractivity contribution >= 4 is 21.2 Å². The normalized spacial score (nSPS) is 20.0. The molecule has 0 aromatic carbocycles. The third kappa shape index (κ3) is 5.13. The summed E-state index contributed by atoms with van der Waals surface area (Å²) in [5.74, 6) is -0.788. The van der Waals surface area contributed by atoms with Gasteiger partial charge >= 0.3 is 21.2 Å². The second-order valence-corrected chi connectivity index (χ2v) is 8.73. The topological polar surface area (TPSA) is 61.8 Å². The van der Waals surface area contributed by atoms with Crippen molar-refractivity contribution in [1.29, 1.82) is 0 Å². The number of carbonyl (C=O) groups excluding carboxylic acids is 2. The highest BCUT2D eigenvalue weighted by molar-refractivity contribution is 6.53. The van der Waals surface area contributed by atoms with Crippen molar-refractivity contribution < 1.29 is 23.2 Å². The number of cyclic esters (lactones) is 2. The molecule has 24 heavy (non-hydrogen) atoms. The van der Waals surface area contributed by atoms with Crippen LogP contribution in [0.3, 0.4) is 0 Å². The standard InChI is InChI=1S/C18H34O5Si/c1-5-9-13-21-24(22-14-10-6-2)15-16(19)23-17(20)18(15,11-7-3)12-8-4/h15,24H,5-14H2,1-4H3. The molecule has 0 aromatic heterocycles. The van der Waals surface area contributed by atoms with E-state index < -0.39 is 26.2 Å². The third-order valence-corrected chi connectivity index (χ3v) is 7.26. The van der Waals surface area contributed by atoms with Crippen LogP contribution in [0.15, 0.2) is 0 Å². The molecule has 1 unspecified atom stereocenters. The van der Waals surface area contributed by atoms with Crippen LogP contribution in [-0.2, 0) is 23.2 Å². The Labute approximate surface area is 148 Å². The Morgan fingerprint density at radius 3 is 1.83 bits per heavy atom. The van der Waals surface area contributed by atoms with E-state index in [0.717, 1.165) is 38.5 Å². The van der Waals surface area contributed by atoms with Gasteiger partial charge in [-0.2, -0.15) is 0 Å². The lowest BCUT2D eigenvalue weighted by atomic mass is 9.77. The molecule has 0 spiro atoms. The quantitative estimate of drug-likeness (QED) is 0.216. The smallest absolute Gasteiger partial charge is 0.337 e. The lowest BCUT2D eigenvalue weighted by molar-refractivity contribution is -0.155. The molecule has 140 valence electrons. The second kappa shape index (κ2) is 11.0. The van der Waals surface area contributed by atoms with E-state index in [9.17, 15) is 9.59 Å². The van der Waals surface area contributed by atoms with Crippen LogP contribution in [0.4, 0.5) is 0 Å². The van der Waals surface area contributed by atoms with Crippen LogP contribution >= 0.6 is 0 Å². The first-order valence-electron chi connectivity index (χ1n) is 9.56. The van der Waals surface area contributed by atoms with Gasteiger partial charge < -0.3 is 13.6 Å². The number of hydrogen-bond donors (Lipinski definition) is 0. The summed E-state index contributed by atoms with van der Waals surface area (Å²) in [6.07, 6.45) is 6.92. The van der Waals surface area contributed by atoms with Gasteiger partial charge in [-0.1, -0.05) is 53.4 Å². The molecule has 0 aliphatic carbocycles. The van der Waals surface area contributed by atoms with Gasteiger partial charge in [-0.15, -0.1) is 0 Å². The summed E-state index contributed by atoms with van der Waals surface area (Å²) in [6.45, 7) is 9.46. The van der Waals surface area contributed by atoms with Crippen molar-refractivity contribution in [3.8, 4) is 0 Å². The predicted octanol–water partition coefficient (Wildman–Crippen LogP) is 3.88. The summed E-state index contributed by atoms with van der Waals surface area (Å²) in [5.41, 5.74) is -1.26. The van der Waals surface area contributed by atoms with E-state index in [2.05, 4.69) is 13.8 Å². The summed E-state index contributed by atoms with van der Waals surface area (Å²) in [7, 11) is -2.33. The highest BCUT2D eigenvalue weighted by atomic mass is 28.3. The minimum atomic E-state index is -2.33. The minimum absolute atomic E-state index is 0.364. The van der Waals surface area contributed by atoms with Gasteiger partial charge in [-0.05, 0) is 25.7 Å². The molecule has 1 rings (SSSR count). The lowest BCUT2D eigenvalue weighted by Crippen LogP contribution is -2.42. The first-order valence-corrected chi connectivity index (χ1v) is 11.2. The predicted molar refractivity (Wildman–Crippen MR) is 96.0 cm³/mol. The third-order valence-electron chi connectivity index (χ3n) is 4.67. The average molecular weight is 359 g/mol. The molecule has 1 aliphatic rings. The van der Waals surface area contributed by atoms with Gasteiger partial charge in [0.1, 0.15) is 5.54 Å². The fourth-order valence-electron chi connectivity index (χ4n) is 3.44. The Hall–Kier alpha value is -0.723. The molecule has 5 nitrogen and oxygen atoms in total. The SMILES string of the molecule is CCCCO[SiH](OCCCC)C1C(=O)OC(=O)C1(CCC)CCC. The van der Waals surface area contributed by atoms with Crippen LogP contribution in [0.25, 0.3) is 0 Å². The maximum atomic E-state index is 12.5. The van der Waals surface area contributed by atoms with Crippen molar-refractivity contribution in [2.75, 3.05) is 13.2 Å². The number of rotatable bonds is 13. The summed E-state index contributed by atoms with van der Waals surface area (Å²) < 4.78 is 17.2. The molecular weight excluding hydrogens is 324 g/mol. The summed E-state index contributed by atoms with van der Waals surface area (Å²) in [6, 6.07) is 0. The molecule has 1 fully saturated rings. The molecule has 1 aliphatic heterocycles. The van der Waals surface area contributed by atoms with Crippen molar-refractivity contribution in [3.63, 3.8) is 0 Å². The number of hydrogen-bond acceptors (Lipinski definition) is 5. The highest BCUT2D eigenvalue weighted by Gasteiger charge is 2.61. The van der Waals surface area contributed by atoms with Crippen molar-refractivity contribution in [1.82, 2.24) is 0 Å². The lowest BCUT2D eigenvalue weighted by Gasteiger charge is -2.32. The van der Waals surface area contributed by atoms with Crippen molar-refractivity contribution in [2.24, 2.45) is 5.41 Å². The molecule has 6 heteroatoms. The molecule has 1 heterocycles. The summed E-state index contributed by atoms with van der Waals surface area (Å²) >= 11 is 0. The Morgan fingerprint density at radius 2 is 1.42 bits per heavy atom. The monoisotopic (exact) mass is 358 g/mol. The van der Waals surface area contributed by atoms with E-state index in [4.69, 9.17) is 13.6 Å². The zero-order valence-corrected chi connectivity index (χ0v) is 16.9. The molecule has 1 atom stereocenters. The second-order valence-electron chi connectivity index (χ2n) is 6.66. The van der Waals surface area contributed by atoms with Crippen LogP contribution in [0.1, 0.15) is 79.1 Å². The number of esters is 2. The van der Waals surface area contributed by atoms with Gasteiger partial charge in [0.15, 0.2) is 0 Å². The van der Waals surface area contributed by atoms with Crippen molar-refractivity contribution in [3.05, 3.63) is 0 Å². The maximum Gasteiger partial charge on any atom is 0.337 e. The molecule has 0 radical (unpaired) electrons. The van der Waals surface area contributed by atoms with Crippen LogP contribution in [0.2, 0.25) is 5.54 Å². The number of ether oxygens (including phenoxy) is 1. The molecule has 0 bridgehead atoms. The molecule has 0 aromatic rings. The van der Waals surface area contributed by atoms with Crippen LogP contribution in [0, 0.1) is 5.41 Å². The van der Waals surface area contributed by atoms with Gasteiger partial charge in [0, 0.05) is 13.2 Å². The van der Waals surface area contributed by atoms with Gasteiger partial charge in [0.05, 0.1) is 5.41 Å². The van der Waals surface area contributed by atoms with E-state index >= 15 is 0 Å². The van der Waals surface area contributed by atoms with Gasteiger partial charge in [-0.3, -0.25) is 9.59 Å². The number of unbranched alkanes of at least 4 members (excludes halogenated alkanes) is 2. The molecule has 1 saturated heterocycles. The largest absolute Gasteiger partial charge is 0.396 e. The fourth-order valence-corrected chi connectivity index (χ4v) is 6.00. The van der Waals surface area contributed by atoms with Crippen LogP contribution < -0.4 is 0 Å². The van der Waals surface area contributed by atoms with Crippen molar-refractivity contribution in [2.45, 2.75) is 84.6 Å². The van der Waals surface area contributed by atoms with Gasteiger partial charge in [-0.25, -0.2) is 0 Å². The maximum absolute atomic E-state index is 12.5. The highest BCUT2D eigenvalue weighted by Crippen LogP contribution is 2.50. The first kappa shape index (κ1) is 21.3. The summed E-state index contributed by atoms with van der Waals surface area (Å²) in [5, 5.41) is 0. The Morgan fingerprint density at radius 1 is 0.917 bits per heavy atom. The van der Waals surface area contributed by atoms with E-state index in [1.165, 1.54) is 0 Å². The minimum Gasteiger partial charge on any atom is -0.396 e. The van der Waals surface area contributed by atoms with Gasteiger partial charge in [0.25, 0.3) is 0 Å². The molecule has 0 saturated carbocycles. The van der Waals surface area contributed by atoms with E-state index in [1.54, 1.807) is 0 Å². The van der Waals surface area contributed by atoms with E-state index in [-0.39, 0.29) is 5.97 Å². The van der Waals surface area contributed by atoms with E-state index in [1.807, 2.05) is 13.8 Å². The molecule has 0 amide bonds. The molecular formula is C18H34O5Si. The number of carbonyl (C=O) groups is 2. The Balaban J connectivity index is 3.02. The zero-order chi connectivity index (χ0) is 18.0. The fraction of sp³-hybridized carbons (Fsp3) is 0.889. The Bertz CT molecular complexity index is 383. The summed E-state index contributed by atoms with van der Waals surface area (Å²) in [4.78, 5) is 25.0. The first-order chi connectivity index (χ1) is 11.6. The van der Waals surface area contributed by atoms with E-state index in [0.29, 0.717) is 26.1 Å². The average Bonchev–Trinajstić information content (AvgIpc) is 2.78. The van der Waals surface area contributed by atoms with Crippen LogP contribution in [-0.4, -0.2) is 34.4 Å². The zero-order valence-electron chi connectivity index (χ0n) is 15.8. The Kier molecular flexibility index (Phi) is 9.77.